The lowest BCUT2D eigenvalue weighted by Gasteiger charge is -2.07. The normalized spacial score (nSPS) is 10.4. The largest absolute Gasteiger partial charge is 0.355 e. The first-order chi connectivity index (χ1) is 10.8. The van der Waals surface area contributed by atoms with Crippen molar-refractivity contribution in [1.29, 1.82) is 0 Å². The van der Waals surface area contributed by atoms with Gasteiger partial charge in [-0.1, -0.05) is 24.8 Å². The van der Waals surface area contributed by atoms with E-state index in [1.165, 1.54) is 11.8 Å². The molecule has 2 heterocycles. The van der Waals surface area contributed by atoms with Gasteiger partial charge in [-0.25, -0.2) is 0 Å². The third-order valence-electron chi connectivity index (χ3n) is 2.87. The highest BCUT2D eigenvalue weighted by atomic mass is 32.2. The number of aromatic nitrogens is 4. The SMILES string of the molecule is C=CCn1c(SCC(=O)NCCC)nnc1-c1ccncc1. The van der Waals surface area contributed by atoms with E-state index in [0.717, 1.165) is 17.8 Å². The van der Waals surface area contributed by atoms with Gasteiger partial charge in [0.25, 0.3) is 0 Å². The summed E-state index contributed by atoms with van der Waals surface area (Å²) in [5, 5.41) is 12.0. The standard InChI is InChI=1S/C15H19N5OS/c1-3-7-17-13(21)11-22-15-19-18-14(20(15)10-4-2)12-5-8-16-9-6-12/h4-6,8-9H,2-3,7,10-11H2,1H3,(H,17,21). The summed E-state index contributed by atoms with van der Waals surface area (Å²) in [7, 11) is 0. The van der Waals surface area contributed by atoms with Crippen molar-refractivity contribution in [3.63, 3.8) is 0 Å². The third kappa shape index (κ3) is 4.17. The van der Waals surface area contributed by atoms with Crippen LogP contribution in [0.2, 0.25) is 0 Å². The minimum Gasteiger partial charge on any atom is -0.355 e. The van der Waals surface area contributed by atoms with Gasteiger partial charge in [0, 0.05) is 31.0 Å². The van der Waals surface area contributed by atoms with Crippen molar-refractivity contribution >= 4 is 17.7 Å². The molecule has 116 valence electrons. The fourth-order valence-corrected chi connectivity index (χ4v) is 2.63. The Morgan fingerprint density at radius 2 is 2.18 bits per heavy atom. The Morgan fingerprint density at radius 3 is 2.86 bits per heavy atom. The maximum Gasteiger partial charge on any atom is 0.230 e. The summed E-state index contributed by atoms with van der Waals surface area (Å²) in [5.41, 5.74) is 0.937. The highest BCUT2D eigenvalue weighted by Gasteiger charge is 2.14. The van der Waals surface area contributed by atoms with E-state index in [4.69, 9.17) is 0 Å². The Kier molecular flexibility index (Phi) is 6.14. The number of rotatable bonds is 8. The minimum absolute atomic E-state index is 0.00506. The van der Waals surface area contributed by atoms with Crippen molar-refractivity contribution in [1.82, 2.24) is 25.1 Å². The maximum absolute atomic E-state index is 11.7. The summed E-state index contributed by atoms with van der Waals surface area (Å²) in [5.74, 6) is 1.08. The molecule has 0 atom stereocenters. The molecule has 0 saturated carbocycles. The van der Waals surface area contributed by atoms with Crippen LogP contribution in [0, 0.1) is 0 Å². The number of amides is 1. The number of hydrogen-bond acceptors (Lipinski definition) is 5. The number of allylic oxidation sites excluding steroid dienone is 1. The molecule has 2 aromatic rings. The first kappa shape index (κ1) is 16.2. The van der Waals surface area contributed by atoms with Crippen LogP contribution in [0.25, 0.3) is 11.4 Å². The van der Waals surface area contributed by atoms with Gasteiger partial charge in [0.1, 0.15) is 0 Å². The molecule has 0 fully saturated rings. The molecule has 0 radical (unpaired) electrons. The highest BCUT2D eigenvalue weighted by Crippen LogP contribution is 2.23. The predicted octanol–water partition coefficient (Wildman–Crippen LogP) is 2.14. The summed E-state index contributed by atoms with van der Waals surface area (Å²) < 4.78 is 1.94. The van der Waals surface area contributed by atoms with E-state index in [2.05, 4.69) is 27.1 Å². The smallest absolute Gasteiger partial charge is 0.230 e. The average molecular weight is 317 g/mol. The van der Waals surface area contributed by atoms with E-state index in [-0.39, 0.29) is 5.91 Å². The predicted molar refractivity (Wildman–Crippen MR) is 87.5 cm³/mol. The zero-order chi connectivity index (χ0) is 15.8. The van der Waals surface area contributed by atoms with Crippen LogP contribution >= 0.6 is 11.8 Å². The second kappa shape index (κ2) is 8.33. The van der Waals surface area contributed by atoms with Crippen molar-refractivity contribution in [2.75, 3.05) is 12.3 Å². The first-order valence-electron chi connectivity index (χ1n) is 7.10. The van der Waals surface area contributed by atoms with E-state index >= 15 is 0 Å². The summed E-state index contributed by atoms with van der Waals surface area (Å²) in [6.45, 7) is 7.08. The topological polar surface area (TPSA) is 72.7 Å². The number of hydrogen-bond donors (Lipinski definition) is 1. The Morgan fingerprint density at radius 1 is 1.41 bits per heavy atom. The molecule has 0 aromatic carbocycles. The van der Waals surface area contributed by atoms with Crippen LogP contribution in [0.15, 0.2) is 42.3 Å². The van der Waals surface area contributed by atoms with Crippen LogP contribution < -0.4 is 5.32 Å². The highest BCUT2D eigenvalue weighted by molar-refractivity contribution is 7.99. The van der Waals surface area contributed by atoms with Gasteiger partial charge in [-0.15, -0.1) is 16.8 Å². The molecule has 22 heavy (non-hydrogen) atoms. The number of pyridine rings is 1. The number of carbonyl (C=O) groups is 1. The van der Waals surface area contributed by atoms with Crippen LogP contribution in [0.1, 0.15) is 13.3 Å². The number of nitrogens with zero attached hydrogens (tertiary/aromatic N) is 4. The van der Waals surface area contributed by atoms with Crippen LogP contribution in [-0.2, 0) is 11.3 Å². The Bertz CT molecular complexity index is 626. The fourth-order valence-electron chi connectivity index (χ4n) is 1.85. The Labute approximate surface area is 134 Å². The fraction of sp³-hybridized carbons (Fsp3) is 0.333. The van der Waals surface area contributed by atoms with Crippen LogP contribution in [0.5, 0.6) is 0 Å². The molecule has 0 spiro atoms. The molecule has 0 bridgehead atoms. The number of nitrogens with one attached hydrogen (secondary N) is 1. The van der Waals surface area contributed by atoms with E-state index in [1.54, 1.807) is 18.5 Å². The quantitative estimate of drug-likeness (QED) is 0.596. The van der Waals surface area contributed by atoms with Crippen molar-refractivity contribution in [3.8, 4) is 11.4 Å². The van der Waals surface area contributed by atoms with Crippen LogP contribution in [0.4, 0.5) is 0 Å². The van der Waals surface area contributed by atoms with Gasteiger partial charge in [0.2, 0.25) is 5.91 Å². The summed E-state index contributed by atoms with van der Waals surface area (Å²) in [6.07, 6.45) is 6.14. The molecule has 2 aromatic heterocycles. The van der Waals surface area contributed by atoms with E-state index in [9.17, 15) is 4.79 Å². The lowest BCUT2D eigenvalue weighted by molar-refractivity contribution is -0.118. The second-order valence-electron chi connectivity index (χ2n) is 4.58. The molecule has 1 amide bonds. The van der Waals surface area contributed by atoms with Crippen molar-refractivity contribution < 1.29 is 4.79 Å². The van der Waals surface area contributed by atoms with E-state index in [1.807, 2.05) is 23.6 Å². The molecular formula is C15H19N5OS. The first-order valence-corrected chi connectivity index (χ1v) is 8.08. The van der Waals surface area contributed by atoms with Gasteiger partial charge < -0.3 is 5.32 Å². The molecule has 1 N–H and O–H groups in total. The van der Waals surface area contributed by atoms with Crippen molar-refractivity contribution in [2.24, 2.45) is 0 Å². The second-order valence-corrected chi connectivity index (χ2v) is 5.52. The van der Waals surface area contributed by atoms with Crippen molar-refractivity contribution in [2.45, 2.75) is 25.0 Å². The molecule has 0 unspecified atom stereocenters. The van der Waals surface area contributed by atoms with Gasteiger partial charge in [-0.3, -0.25) is 14.3 Å². The molecule has 0 aliphatic rings. The van der Waals surface area contributed by atoms with Crippen LogP contribution in [0.3, 0.4) is 0 Å². The molecule has 0 aliphatic carbocycles. The summed E-state index contributed by atoms with van der Waals surface area (Å²) >= 11 is 1.37. The maximum atomic E-state index is 11.7. The van der Waals surface area contributed by atoms with Crippen molar-refractivity contribution in [3.05, 3.63) is 37.2 Å². The third-order valence-corrected chi connectivity index (χ3v) is 3.84. The average Bonchev–Trinajstić information content (AvgIpc) is 2.95. The molecule has 7 heteroatoms. The Hall–Kier alpha value is -2.15. The molecule has 0 saturated heterocycles. The molecule has 6 nitrogen and oxygen atoms in total. The summed E-state index contributed by atoms with van der Waals surface area (Å²) in [4.78, 5) is 15.7. The van der Waals surface area contributed by atoms with Gasteiger partial charge >= 0.3 is 0 Å². The van der Waals surface area contributed by atoms with Crippen LogP contribution in [-0.4, -0.2) is 38.0 Å². The Balaban J connectivity index is 2.13. The molecule has 0 aliphatic heterocycles. The van der Waals surface area contributed by atoms with E-state index in [0.29, 0.717) is 24.0 Å². The molecule has 2 rings (SSSR count). The van der Waals surface area contributed by atoms with Gasteiger partial charge in [-0.2, -0.15) is 0 Å². The lowest BCUT2D eigenvalue weighted by atomic mass is 10.2. The zero-order valence-corrected chi connectivity index (χ0v) is 13.3. The number of carbonyl (C=O) groups excluding carboxylic acids is 1. The van der Waals surface area contributed by atoms with Gasteiger partial charge in [0.15, 0.2) is 11.0 Å². The lowest BCUT2D eigenvalue weighted by Crippen LogP contribution is -2.25. The minimum atomic E-state index is 0.00506. The summed E-state index contributed by atoms with van der Waals surface area (Å²) in [6, 6.07) is 3.76. The molecular weight excluding hydrogens is 298 g/mol. The zero-order valence-electron chi connectivity index (χ0n) is 12.5. The monoisotopic (exact) mass is 317 g/mol. The van der Waals surface area contributed by atoms with E-state index < -0.39 is 0 Å². The number of thioether (sulfide) groups is 1. The van der Waals surface area contributed by atoms with Gasteiger partial charge in [0.05, 0.1) is 5.75 Å². The van der Waals surface area contributed by atoms with Gasteiger partial charge in [-0.05, 0) is 18.6 Å².